The minimum absolute atomic E-state index is 0.410. The van der Waals surface area contributed by atoms with Crippen molar-refractivity contribution in [3.05, 3.63) is 69.7 Å². The van der Waals surface area contributed by atoms with Gasteiger partial charge in [-0.05, 0) is 58.8 Å². The number of nitrogens with zero attached hydrogens (tertiary/aromatic N) is 1. The molecule has 1 heterocycles. The maximum atomic E-state index is 12.1. The molecule has 0 fully saturated rings. The Bertz CT molecular complexity index is 869. The van der Waals surface area contributed by atoms with E-state index in [1.54, 1.807) is 55.5 Å². The number of hydrogen-bond acceptors (Lipinski definition) is 5. The first-order valence-corrected chi connectivity index (χ1v) is 7.88. The second-order valence-corrected chi connectivity index (χ2v) is 5.91. The van der Waals surface area contributed by atoms with E-state index in [2.05, 4.69) is 25.9 Å². The van der Waals surface area contributed by atoms with Gasteiger partial charge in [-0.15, -0.1) is 0 Å². The van der Waals surface area contributed by atoms with Crippen LogP contribution in [0.3, 0.4) is 0 Å². The van der Waals surface area contributed by atoms with Gasteiger partial charge in [-0.1, -0.05) is 29.4 Å². The van der Waals surface area contributed by atoms with E-state index in [0.29, 0.717) is 27.1 Å². The molecule has 0 aliphatic carbocycles. The van der Waals surface area contributed by atoms with E-state index in [4.69, 9.17) is 4.74 Å². The lowest BCUT2D eigenvalue weighted by atomic mass is 10.1. The van der Waals surface area contributed by atoms with Gasteiger partial charge in [-0.25, -0.2) is 9.59 Å². The van der Waals surface area contributed by atoms with Gasteiger partial charge in [-0.2, -0.15) is 0 Å². The maximum absolute atomic E-state index is 12.1. The molecule has 0 radical (unpaired) electrons. The largest absolute Gasteiger partial charge is 0.423 e. The molecule has 24 heavy (non-hydrogen) atoms. The second kappa shape index (κ2) is 6.80. The number of esters is 1. The Morgan fingerprint density at radius 1 is 1.17 bits per heavy atom. The summed E-state index contributed by atoms with van der Waals surface area (Å²) in [6.07, 6.45) is 1.67. The normalized spacial score (nSPS) is 15.2. The van der Waals surface area contributed by atoms with Gasteiger partial charge >= 0.3 is 11.9 Å². The zero-order chi connectivity index (χ0) is 17.1. The number of halogens is 1. The molecule has 120 valence electrons. The molecule has 3 rings (SSSR count). The average Bonchev–Trinajstić information content (AvgIpc) is 2.89. The van der Waals surface area contributed by atoms with Crippen LogP contribution in [0.25, 0.3) is 6.08 Å². The summed E-state index contributed by atoms with van der Waals surface area (Å²) in [5.41, 5.74) is 2.17. The Morgan fingerprint density at radius 3 is 2.50 bits per heavy atom. The molecule has 1 aliphatic rings. The Labute approximate surface area is 146 Å². The lowest BCUT2D eigenvalue weighted by Gasteiger charge is -2.06. The smallest absolute Gasteiger partial charge is 0.367 e. The van der Waals surface area contributed by atoms with Crippen LogP contribution in [0.2, 0.25) is 0 Å². The Kier molecular flexibility index (Phi) is 4.57. The van der Waals surface area contributed by atoms with Gasteiger partial charge in [0.15, 0.2) is 0 Å². The Morgan fingerprint density at radius 2 is 1.88 bits per heavy atom. The van der Waals surface area contributed by atoms with E-state index in [-0.39, 0.29) is 0 Å². The van der Waals surface area contributed by atoms with Crippen molar-refractivity contribution in [1.29, 1.82) is 0 Å². The van der Waals surface area contributed by atoms with Crippen molar-refractivity contribution in [2.75, 3.05) is 0 Å². The zero-order valence-corrected chi connectivity index (χ0v) is 14.2. The van der Waals surface area contributed by atoms with Crippen LogP contribution in [0.4, 0.5) is 0 Å². The highest BCUT2D eigenvalue weighted by atomic mass is 79.9. The molecular weight excluding hydrogens is 374 g/mol. The summed E-state index contributed by atoms with van der Waals surface area (Å²) in [5.74, 6) is -0.509. The van der Waals surface area contributed by atoms with Gasteiger partial charge in [-0.3, -0.25) is 0 Å². The third-order valence-electron chi connectivity index (χ3n) is 3.37. The number of benzene rings is 2. The highest BCUT2D eigenvalue weighted by molar-refractivity contribution is 9.10. The fourth-order valence-corrected chi connectivity index (χ4v) is 2.55. The SMILES string of the molecule is CC1=NOC(=O)/C1=C\c1ccc(OC(=O)c2ccccc2Br)cc1. The van der Waals surface area contributed by atoms with Crippen molar-refractivity contribution in [1.82, 2.24) is 0 Å². The molecule has 0 unspecified atom stereocenters. The summed E-state index contributed by atoms with van der Waals surface area (Å²) in [5, 5.41) is 3.62. The number of carbonyl (C=O) groups is 2. The van der Waals surface area contributed by atoms with Crippen molar-refractivity contribution >= 4 is 39.7 Å². The van der Waals surface area contributed by atoms with Crippen LogP contribution in [0.1, 0.15) is 22.8 Å². The highest BCUT2D eigenvalue weighted by Crippen LogP contribution is 2.21. The number of oxime groups is 1. The number of ether oxygens (including phenoxy) is 1. The summed E-state index contributed by atoms with van der Waals surface area (Å²) in [4.78, 5) is 28.2. The van der Waals surface area contributed by atoms with Crippen LogP contribution < -0.4 is 4.74 Å². The van der Waals surface area contributed by atoms with Gasteiger partial charge in [0, 0.05) is 4.47 Å². The fraction of sp³-hybridized carbons (Fsp3) is 0.0556. The molecular formula is C18H12BrNO4. The molecule has 2 aromatic carbocycles. The average molecular weight is 386 g/mol. The van der Waals surface area contributed by atoms with Gasteiger partial charge in [0.1, 0.15) is 5.75 Å². The van der Waals surface area contributed by atoms with Gasteiger partial charge in [0.25, 0.3) is 0 Å². The lowest BCUT2D eigenvalue weighted by Crippen LogP contribution is -2.09. The van der Waals surface area contributed by atoms with E-state index in [0.717, 1.165) is 5.56 Å². The molecule has 2 aromatic rings. The first-order chi connectivity index (χ1) is 11.5. The van der Waals surface area contributed by atoms with Gasteiger partial charge < -0.3 is 9.57 Å². The predicted octanol–water partition coefficient (Wildman–Crippen LogP) is 3.98. The Balaban J connectivity index is 1.75. The quantitative estimate of drug-likeness (QED) is 0.346. The van der Waals surface area contributed by atoms with E-state index in [9.17, 15) is 9.59 Å². The summed E-state index contributed by atoms with van der Waals surface area (Å²) in [7, 11) is 0. The standard InChI is InChI=1S/C18H12BrNO4/c1-11-15(18(22)24-20-11)10-12-6-8-13(9-7-12)23-17(21)14-4-2-3-5-16(14)19/h2-10H,1H3/b15-10-. The van der Waals surface area contributed by atoms with E-state index in [1.807, 2.05) is 6.07 Å². The second-order valence-electron chi connectivity index (χ2n) is 5.05. The van der Waals surface area contributed by atoms with E-state index >= 15 is 0 Å². The number of hydrogen-bond donors (Lipinski definition) is 0. The van der Waals surface area contributed by atoms with Crippen molar-refractivity contribution < 1.29 is 19.2 Å². The third-order valence-corrected chi connectivity index (χ3v) is 4.06. The fourth-order valence-electron chi connectivity index (χ4n) is 2.11. The monoisotopic (exact) mass is 385 g/mol. The lowest BCUT2D eigenvalue weighted by molar-refractivity contribution is -0.136. The van der Waals surface area contributed by atoms with Crippen LogP contribution >= 0.6 is 15.9 Å². The molecule has 0 saturated heterocycles. The zero-order valence-electron chi connectivity index (χ0n) is 12.7. The van der Waals surface area contributed by atoms with E-state index in [1.165, 1.54) is 0 Å². The predicted molar refractivity (Wildman–Crippen MR) is 92.7 cm³/mol. The molecule has 0 amide bonds. The summed E-state index contributed by atoms with van der Waals surface area (Å²) in [6, 6.07) is 13.9. The van der Waals surface area contributed by atoms with Crippen LogP contribution in [-0.2, 0) is 9.63 Å². The van der Waals surface area contributed by atoms with Crippen molar-refractivity contribution in [2.45, 2.75) is 6.92 Å². The van der Waals surface area contributed by atoms with Crippen molar-refractivity contribution in [3.63, 3.8) is 0 Å². The highest BCUT2D eigenvalue weighted by Gasteiger charge is 2.21. The van der Waals surface area contributed by atoms with E-state index < -0.39 is 11.9 Å². The number of carbonyl (C=O) groups excluding carboxylic acids is 2. The van der Waals surface area contributed by atoms with Crippen molar-refractivity contribution in [2.24, 2.45) is 5.16 Å². The van der Waals surface area contributed by atoms with Crippen LogP contribution in [0, 0.1) is 0 Å². The third kappa shape index (κ3) is 3.44. The molecule has 0 bridgehead atoms. The van der Waals surface area contributed by atoms with Crippen LogP contribution in [-0.4, -0.2) is 17.7 Å². The minimum Gasteiger partial charge on any atom is -0.423 e. The number of rotatable bonds is 3. The Hall–Kier alpha value is -2.73. The first-order valence-electron chi connectivity index (χ1n) is 7.09. The summed E-state index contributed by atoms with van der Waals surface area (Å²) < 4.78 is 6.02. The molecule has 6 heteroatoms. The molecule has 0 saturated carbocycles. The molecule has 5 nitrogen and oxygen atoms in total. The summed E-state index contributed by atoms with van der Waals surface area (Å²) in [6.45, 7) is 1.70. The molecule has 0 N–H and O–H groups in total. The summed E-state index contributed by atoms with van der Waals surface area (Å²) >= 11 is 3.32. The molecule has 0 atom stereocenters. The van der Waals surface area contributed by atoms with Gasteiger partial charge in [0.05, 0.1) is 16.8 Å². The van der Waals surface area contributed by atoms with Crippen molar-refractivity contribution in [3.8, 4) is 5.75 Å². The molecule has 0 aromatic heterocycles. The maximum Gasteiger partial charge on any atom is 0.367 e. The first kappa shape index (κ1) is 16.1. The molecule has 0 spiro atoms. The van der Waals surface area contributed by atoms with Crippen LogP contribution in [0.5, 0.6) is 5.75 Å². The molecule has 1 aliphatic heterocycles. The topological polar surface area (TPSA) is 65.0 Å². The van der Waals surface area contributed by atoms with Gasteiger partial charge in [0.2, 0.25) is 0 Å². The van der Waals surface area contributed by atoms with Crippen LogP contribution in [0.15, 0.2) is 63.7 Å². The minimum atomic E-state index is -0.475.